The van der Waals surface area contributed by atoms with Crippen molar-refractivity contribution in [2.45, 2.75) is 58.6 Å². The third-order valence-corrected chi connectivity index (χ3v) is 4.43. The molecule has 0 bridgehead atoms. The minimum absolute atomic E-state index is 0.117. The highest BCUT2D eigenvalue weighted by atomic mass is 16.4. The summed E-state index contributed by atoms with van der Waals surface area (Å²) in [6.45, 7) is 6.35. The Balaban J connectivity index is 1.88. The Morgan fingerprint density at radius 3 is 2.92 bits per heavy atom. The van der Waals surface area contributed by atoms with Gasteiger partial charge in [0.1, 0.15) is 18.2 Å². The number of carbonyl (C=O) groups excluding carboxylic acids is 1. The van der Waals surface area contributed by atoms with E-state index in [1.54, 1.807) is 11.0 Å². The molecule has 0 unspecified atom stereocenters. The molecule has 7 nitrogen and oxygen atoms in total. The normalized spacial score (nSPS) is 18.4. The summed E-state index contributed by atoms with van der Waals surface area (Å²) in [7, 11) is 0. The lowest BCUT2D eigenvalue weighted by Gasteiger charge is -2.33. The summed E-state index contributed by atoms with van der Waals surface area (Å²) in [5.41, 5.74) is 0.744. The Morgan fingerprint density at radius 2 is 2.29 bits per heavy atom. The summed E-state index contributed by atoms with van der Waals surface area (Å²) in [6, 6.07) is 1.59. The number of piperidine rings is 1. The van der Waals surface area contributed by atoms with E-state index >= 15 is 0 Å². The number of hydrogen-bond donors (Lipinski definition) is 2. The highest BCUT2D eigenvalue weighted by Gasteiger charge is 2.33. The molecule has 0 aliphatic carbocycles. The zero-order chi connectivity index (χ0) is 17.3. The van der Waals surface area contributed by atoms with Gasteiger partial charge in [-0.2, -0.15) is 5.10 Å². The van der Waals surface area contributed by atoms with E-state index < -0.39 is 0 Å². The van der Waals surface area contributed by atoms with Crippen molar-refractivity contribution in [3.63, 3.8) is 0 Å². The summed E-state index contributed by atoms with van der Waals surface area (Å²) < 4.78 is 5.52. The number of aliphatic hydroxyl groups excluding tert-OH is 1. The molecule has 2 N–H and O–H groups in total. The molecule has 7 heteroatoms. The molecule has 1 aliphatic rings. The third kappa shape index (κ3) is 3.08. The lowest BCUT2D eigenvalue weighted by molar-refractivity contribution is 0.0562. The fraction of sp³-hybridized carbons (Fsp3) is 0.588. The van der Waals surface area contributed by atoms with Crippen LogP contribution in [0.3, 0.4) is 0 Å². The number of rotatable bonds is 4. The van der Waals surface area contributed by atoms with Crippen LogP contribution in [0.2, 0.25) is 0 Å². The Bertz CT molecular complexity index is 719. The van der Waals surface area contributed by atoms with Gasteiger partial charge >= 0.3 is 0 Å². The molecule has 1 aliphatic heterocycles. The van der Waals surface area contributed by atoms with Gasteiger partial charge < -0.3 is 14.4 Å². The van der Waals surface area contributed by atoms with E-state index in [4.69, 9.17) is 4.42 Å². The lowest BCUT2D eigenvalue weighted by atomic mass is 10.0. The molecule has 0 radical (unpaired) electrons. The number of aryl methyl sites for hydroxylation is 1. The second-order valence-corrected chi connectivity index (χ2v) is 6.63. The first kappa shape index (κ1) is 16.7. The van der Waals surface area contributed by atoms with Crippen LogP contribution in [0.25, 0.3) is 0 Å². The number of aromatic nitrogens is 3. The molecule has 0 saturated carbocycles. The van der Waals surface area contributed by atoms with Gasteiger partial charge in [0.2, 0.25) is 0 Å². The minimum Gasteiger partial charge on any atom is -0.453 e. The van der Waals surface area contributed by atoms with Crippen LogP contribution >= 0.6 is 0 Å². The van der Waals surface area contributed by atoms with E-state index in [1.165, 1.54) is 0 Å². The van der Waals surface area contributed by atoms with Crippen molar-refractivity contribution in [1.29, 1.82) is 0 Å². The molecule has 24 heavy (non-hydrogen) atoms. The lowest BCUT2D eigenvalue weighted by Crippen LogP contribution is -2.39. The number of likely N-dealkylation sites (tertiary alicyclic amines) is 1. The average Bonchev–Trinajstić information content (AvgIpc) is 3.21. The smallest absolute Gasteiger partial charge is 0.290 e. The van der Waals surface area contributed by atoms with Gasteiger partial charge in [-0.3, -0.25) is 9.89 Å². The molecule has 1 atom stereocenters. The van der Waals surface area contributed by atoms with Crippen LogP contribution in [0, 0.1) is 6.92 Å². The first-order valence-electron chi connectivity index (χ1n) is 8.44. The van der Waals surface area contributed by atoms with E-state index in [9.17, 15) is 9.90 Å². The van der Waals surface area contributed by atoms with Crippen molar-refractivity contribution >= 4 is 5.91 Å². The number of nitrogens with zero attached hydrogens (tertiary/aromatic N) is 3. The Hall–Kier alpha value is -2.15. The number of carbonyl (C=O) groups is 1. The highest BCUT2D eigenvalue weighted by Crippen LogP contribution is 2.31. The number of hydrogen-bond acceptors (Lipinski definition) is 5. The van der Waals surface area contributed by atoms with E-state index in [0.717, 1.165) is 36.5 Å². The Morgan fingerprint density at radius 1 is 1.50 bits per heavy atom. The van der Waals surface area contributed by atoms with Gasteiger partial charge in [0.05, 0.1) is 6.04 Å². The molecule has 1 saturated heterocycles. The predicted octanol–water partition coefficient (Wildman–Crippen LogP) is 2.69. The van der Waals surface area contributed by atoms with Crippen LogP contribution in [-0.2, 0) is 6.61 Å². The molecule has 2 aromatic rings. The van der Waals surface area contributed by atoms with Crippen molar-refractivity contribution in [2.75, 3.05) is 6.54 Å². The van der Waals surface area contributed by atoms with Gasteiger partial charge in [0.25, 0.3) is 5.91 Å². The number of furan rings is 1. The van der Waals surface area contributed by atoms with Gasteiger partial charge in [-0.05, 0) is 32.3 Å². The average molecular weight is 332 g/mol. The molecule has 0 aromatic carbocycles. The van der Waals surface area contributed by atoms with Gasteiger partial charge in [-0.15, -0.1) is 0 Å². The van der Waals surface area contributed by atoms with Crippen LogP contribution in [-0.4, -0.2) is 37.6 Å². The summed E-state index contributed by atoms with van der Waals surface area (Å²) in [5, 5.41) is 16.5. The second kappa shape index (κ2) is 6.76. The first-order chi connectivity index (χ1) is 11.5. The zero-order valence-electron chi connectivity index (χ0n) is 14.4. The van der Waals surface area contributed by atoms with Crippen molar-refractivity contribution in [3.05, 3.63) is 34.8 Å². The van der Waals surface area contributed by atoms with Crippen molar-refractivity contribution in [2.24, 2.45) is 0 Å². The number of nitrogens with one attached hydrogen (secondary N) is 1. The maximum Gasteiger partial charge on any atom is 0.290 e. The molecule has 3 rings (SSSR count). The summed E-state index contributed by atoms with van der Waals surface area (Å²) in [5.74, 6) is 2.29. The monoisotopic (exact) mass is 332 g/mol. The van der Waals surface area contributed by atoms with Crippen molar-refractivity contribution < 1.29 is 14.3 Å². The van der Waals surface area contributed by atoms with Crippen molar-refractivity contribution in [1.82, 2.24) is 20.1 Å². The number of amides is 1. The number of aromatic amines is 1. The largest absolute Gasteiger partial charge is 0.453 e. The van der Waals surface area contributed by atoms with Gasteiger partial charge in [-0.1, -0.05) is 13.8 Å². The van der Waals surface area contributed by atoms with Crippen LogP contribution in [0.1, 0.15) is 78.6 Å². The SMILES string of the molecule is Cc1cc(CO)oc1C(=O)N1CCCC[C@@H]1c1nc(C(C)C)n[nH]1. The van der Waals surface area contributed by atoms with E-state index in [-0.39, 0.29) is 24.5 Å². The molecule has 130 valence electrons. The predicted molar refractivity (Wildman–Crippen MR) is 87.5 cm³/mol. The van der Waals surface area contributed by atoms with Crippen LogP contribution in [0.4, 0.5) is 0 Å². The standard InChI is InChI=1S/C17H24N4O3/c1-10(2)15-18-16(20-19-15)13-6-4-5-7-21(13)17(23)14-11(3)8-12(9-22)24-14/h8,10,13,22H,4-7,9H2,1-3H3,(H,18,19,20)/t13-/m1/s1. The molecular weight excluding hydrogens is 308 g/mol. The zero-order valence-corrected chi connectivity index (χ0v) is 14.4. The number of H-pyrrole nitrogens is 1. The fourth-order valence-electron chi connectivity index (χ4n) is 3.12. The van der Waals surface area contributed by atoms with Crippen LogP contribution < -0.4 is 0 Å². The third-order valence-electron chi connectivity index (χ3n) is 4.43. The molecule has 0 spiro atoms. The molecule has 3 heterocycles. The fourth-order valence-corrected chi connectivity index (χ4v) is 3.12. The van der Waals surface area contributed by atoms with E-state index in [1.807, 2.05) is 20.8 Å². The van der Waals surface area contributed by atoms with Gasteiger partial charge in [0.15, 0.2) is 11.6 Å². The van der Waals surface area contributed by atoms with Crippen molar-refractivity contribution in [3.8, 4) is 0 Å². The van der Waals surface area contributed by atoms with Crippen LogP contribution in [0.5, 0.6) is 0 Å². The van der Waals surface area contributed by atoms with Gasteiger partial charge in [-0.25, -0.2) is 4.98 Å². The maximum absolute atomic E-state index is 13.0. The second-order valence-electron chi connectivity index (χ2n) is 6.63. The highest BCUT2D eigenvalue weighted by molar-refractivity contribution is 5.93. The molecule has 1 fully saturated rings. The summed E-state index contributed by atoms with van der Waals surface area (Å²) >= 11 is 0. The molecule has 1 amide bonds. The summed E-state index contributed by atoms with van der Waals surface area (Å²) in [6.07, 6.45) is 2.86. The topological polar surface area (TPSA) is 95.2 Å². The number of aliphatic hydroxyl groups is 1. The first-order valence-corrected chi connectivity index (χ1v) is 8.44. The van der Waals surface area contributed by atoms with Gasteiger partial charge in [0, 0.05) is 18.0 Å². The minimum atomic E-state index is -0.211. The Kier molecular flexibility index (Phi) is 4.71. The summed E-state index contributed by atoms with van der Waals surface area (Å²) in [4.78, 5) is 19.3. The Labute approximate surface area is 141 Å². The molecule has 2 aromatic heterocycles. The van der Waals surface area contributed by atoms with Crippen LogP contribution in [0.15, 0.2) is 10.5 Å². The maximum atomic E-state index is 13.0. The molecular formula is C17H24N4O3. The quantitative estimate of drug-likeness (QED) is 0.897. The van der Waals surface area contributed by atoms with E-state index in [2.05, 4.69) is 15.2 Å². The van der Waals surface area contributed by atoms with E-state index in [0.29, 0.717) is 18.1 Å².